The number of fused-ring (bicyclic) bond motifs is 1. The molecule has 1 saturated carbocycles. The molecular formula is C19H25ClS. The predicted octanol–water partition coefficient (Wildman–Crippen LogP) is 7.18. The Hall–Kier alpha value is -0.530. The zero-order valence-electron chi connectivity index (χ0n) is 12.9. The third-order valence-electron chi connectivity index (χ3n) is 5.08. The molecule has 0 spiro atoms. The van der Waals surface area contributed by atoms with Gasteiger partial charge in [-0.3, -0.25) is 0 Å². The van der Waals surface area contributed by atoms with Crippen molar-refractivity contribution in [3.8, 4) is 0 Å². The highest BCUT2D eigenvalue weighted by atomic mass is 35.5. The number of rotatable bonds is 5. The van der Waals surface area contributed by atoms with Gasteiger partial charge in [-0.2, -0.15) is 0 Å². The average molecular weight is 321 g/mol. The topological polar surface area (TPSA) is 0 Å². The van der Waals surface area contributed by atoms with Crippen molar-refractivity contribution in [2.45, 2.75) is 57.2 Å². The van der Waals surface area contributed by atoms with Gasteiger partial charge >= 0.3 is 0 Å². The Bertz CT molecular complexity index is 566. The van der Waals surface area contributed by atoms with E-state index in [9.17, 15) is 0 Å². The number of halogens is 1. The molecule has 1 aliphatic rings. The molecule has 0 nitrogen and oxygen atoms in total. The molecule has 2 heteroatoms. The van der Waals surface area contributed by atoms with Crippen molar-refractivity contribution >= 4 is 33.0 Å². The average Bonchev–Trinajstić information content (AvgIpc) is 2.97. The lowest BCUT2D eigenvalue weighted by Gasteiger charge is -2.31. The molecule has 0 N–H and O–H groups in total. The fourth-order valence-corrected chi connectivity index (χ4v) is 5.23. The maximum absolute atomic E-state index is 6.86. The van der Waals surface area contributed by atoms with Crippen molar-refractivity contribution in [2.75, 3.05) is 0 Å². The van der Waals surface area contributed by atoms with E-state index < -0.39 is 0 Å². The van der Waals surface area contributed by atoms with Crippen LogP contribution < -0.4 is 0 Å². The minimum Gasteiger partial charge on any atom is -0.143 e. The first kappa shape index (κ1) is 15.4. The molecule has 1 atom stereocenters. The fraction of sp³-hybridized carbons (Fsp3) is 0.579. The van der Waals surface area contributed by atoms with Crippen molar-refractivity contribution in [3.63, 3.8) is 0 Å². The molecule has 1 unspecified atom stereocenters. The lowest BCUT2D eigenvalue weighted by molar-refractivity contribution is 0.254. The second-order valence-electron chi connectivity index (χ2n) is 6.51. The highest BCUT2D eigenvalue weighted by Crippen LogP contribution is 2.44. The maximum atomic E-state index is 6.86. The number of hydrogen-bond donors (Lipinski definition) is 0. The molecule has 1 aromatic carbocycles. The van der Waals surface area contributed by atoms with Crippen LogP contribution in [-0.2, 0) is 0 Å². The van der Waals surface area contributed by atoms with E-state index >= 15 is 0 Å². The lowest BCUT2D eigenvalue weighted by atomic mass is 9.77. The molecule has 114 valence electrons. The number of alkyl halides is 1. The van der Waals surface area contributed by atoms with E-state index in [1.54, 1.807) is 0 Å². The zero-order valence-corrected chi connectivity index (χ0v) is 14.4. The van der Waals surface area contributed by atoms with E-state index in [2.05, 4.69) is 36.6 Å². The number of benzene rings is 1. The highest BCUT2D eigenvalue weighted by Gasteiger charge is 2.28. The molecule has 0 radical (unpaired) electrons. The molecule has 2 aromatic rings. The molecule has 1 heterocycles. The second-order valence-corrected chi connectivity index (χ2v) is 7.89. The van der Waals surface area contributed by atoms with Gasteiger partial charge in [-0.1, -0.05) is 57.2 Å². The van der Waals surface area contributed by atoms with Crippen LogP contribution in [0.1, 0.15) is 62.8 Å². The Morgan fingerprint density at radius 3 is 2.71 bits per heavy atom. The molecule has 1 fully saturated rings. The largest absolute Gasteiger partial charge is 0.143 e. The molecule has 21 heavy (non-hydrogen) atoms. The third kappa shape index (κ3) is 3.46. The summed E-state index contributed by atoms with van der Waals surface area (Å²) in [7, 11) is 0. The number of thiophene rings is 1. The monoisotopic (exact) mass is 320 g/mol. The summed E-state index contributed by atoms with van der Waals surface area (Å²) in [6.07, 6.45) is 9.55. The fourth-order valence-electron chi connectivity index (χ4n) is 3.73. The summed E-state index contributed by atoms with van der Waals surface area (Å²) in [6.45, 7) is 2.29. The summed E-state index contributed by atoms with van der Waals surface area (Å²) in [5, 5.41) is 3.86. The number of hydrogen-bond acceptors (Lipinski definition) is 1. The van der Waals surface area contributed by atoms with Crippen LogP contribution in [-0.4, -0.2) is 0 Å². The molecule has 1 aliphatic carbocycles. The molecule has 0 aliphatic heterocycles. The van der Waals surface area contributed by atoms with E-state index in [0.29, 0.717) is 5.92 Å². The van der Waals surface area contributed by atoms with Gasteiger partial charge in [0, 0.05) is 4.70 Å². The van der Waals surface area contributed by atoms with Crippen LogP contribution in [0.5, 0.6) is 0 Å². The van der Waals surface area contributed by atoms with Gasteiger partial charge in [0.15, 0.2) is 0 Å². The summed E-state index contributed by atoms with van der Waals surface area (Å²) < 4.78 is 1.37. The van der Waals surface area contributed by atoms with Crippen molar-refractivity contribution in [1.29, 1.82) is 0 Å². The van der Waals surface area contributed by atoms with Crippen LogP contribution in [0, 0.1) is 11.8 Å². The molecule has 0 bridgehead atoms. The van der Waals surface area contributed by atoms with Gasteiger partial charge in [0.1, 0.15) is 0 Å². The van der Waals surface area contributed by atoms with E-state index in [1.165, 1.54) is 60.6 Å². The van der Waals surface area contributed by atoms with E-state index in [0.717, 1.165) is 5.92 Å². The van der Waals surface area contributed by atoms with Crippen LogP contribution in [0.15, 0.2) is 29.6 Å². The summed E-state index contributed by atoms with van der Waals surface area (Å²) in [5.41, 5.74) is 1.37. The molecule has 1 aromatic heterocycles. The van der Waals surface area contributed by atoms with Crippen LogP contribution in [0.25, 0.3) is 10.1 Å². The lowest BCUT2D eigenvalue weighted by Crippen LogP contribution is -2.18. The zero-order chi connectivity index (χ0) is 14.7. The Morgan fingerprint density at radius 2 is 1.95 bits per heavy atom. The second kappa shape index (κ2) is 7.15. The van der Waals surface area contributed by atoms with Crippen LogP contribution >= 0.6 is 22.9 Å². The predicted molar refractivity (Wildman–Crippen MR) is 95.4 cm³/mol. The minimum absolute atomic E-state index is 0.202. The van der Waals surface area contributed by atoms with Crippen LogP contribution in [0.4, 0.5) is 0 Å². The van der Waals surface area contributed by atoms with Crippen LogP contribution in [0.3, 0.4) is 0 Å². The van der Waals surface area contributed by atoms with Crippen molar-refractivity contribution in [2.24, 2.45) is 11.8 Å². The van der Waals surface area contributed by atoms with Gasteiger partial charge < -0.3 is 0 Å². The van der Waals surface area contributed by atoms with Gasteiger partial charge in [-0.15, -0.1) is 22.9 Å². The molecule has 0 amide bonds. The number of unbranched alkanes of at least 4 members (excludes halogenated alkanes) is 1. The van der Waals surface area contributed by atoms with Gasteiger partial charge in [-0.25, -0.2) is 0 Å². The Kier molecular flexibility index (Phi) is 5.24. The Balaban J connectivity index is 1.65. The molecule has 3 rings (SSSR count). The minimum atomic E-state index is 0.202. The van der Waals surface area contributed by atoms with Crippen molar-refractivity contribution in [3.05, 3.63) is 35.2 Å². The smallest absolute Gasteiger partial charge is 0.0627 e. The maximum Gasteiger partial charge on any atom is 0.0627 e. The first-order valence-electron chi connectivity index (χ1n) is 8.39. The van der Waals surface area contributed by atoms with Gasteiger partial charge in [-0.05, 0) is 47.1 Å². The van der Waals surface area contributed by atoms with E-state index in [4.69, 9.17) is 11.6 Å². The normalized spacial score (nSPS) is 24.3. The summed E-state index contributed by atoms with van der Waals surface area (Å²) in [6, 6.07) is 8.67. The van der Waals surface area contributed by atoms with Crippen molar-refractivity contribution in [1.82, 2.24) is 0 Å². The van der Waals surface area contributed by atoms with Crippen LogP contribution in [0.2, 0.25) is 0 Å². The highest BCUT2D eigenvalue weighted by molar-refractivity contribution is 7.17. The Morgan fingerprint density at radius 1 is 1.19 bits per heavy atom. The van der Waals surface area contributed by atoms with E-state index in [1.807, 2.05) is 11.3 Å². The first-order valence-corrected chi connectivity index (χ1v) is 9.71. The standard InChI is InChI=1S/C19H25ClS/c1-2-3-6-14-9-11-15(12-10-14)19(20)17-13-21-18-8-5-4-7-16(17)18/h4-5,7-8,13-15,19H,2-3,6,9-12H2,1H3. The quantitative estimate of drug-likeness (QED) is 0.512. The summed E-state index contributed by atoms with van der Waals surface area (Å²) >= 11 is 8.70. The first-order chi connectivity index (χ1) is 10.3. The van der Waals surface area contributed by atoms with Gasteiger partial charge in [0.05, 0.1) is 5.38 Å². The summed E-state index contributed by atoms with van der Waals surface area (Å²) in [4.78, 5) is 0. The Labute approximate surface area is 137 Å². The SMILES string of the molecule is CCCCC1CCC(C(Cl)c2csc3ccccc23)CC1. The molecular weight excluding hydrogens is 296 g/mol. The van der Waals surface area contributed by atoms with Gasteiger partial charge in [0.2, 0.25) is 0 Å². The van der Waals surface area contributed by atoms with Gasteiger partial charge in [0.25, 0.3) is 0 Å². The summed E-state index contributed by atoms with van der Waals surface area (Å²) in [5.74, 6) is 1.63. The molecule has 0 saturated heterocycles. The third-order valence-corrected chi connectivity index (χ3v) is 6.65. The van der Waals surface area contributed by atoms with Crippen molar-refractivity contribution < 1.29 is 0 Å². The van der Waals surface area contributed by atoms with E-state index in [-0.39, 0.29) is 5.38 Å².